The lowest BCUT2D eigenvalue weighted by molar-refractivity contribution is -0.140. The zero-order valence-corrected chi connectivity index (χ0v) is 7.30. The van der Waals surface area contributed by atoms with Crippen LogP contribution in [0.5, 0.6) is 0 Å². The Balaban J connectivity index is 3.08. The second-order valence-electron chi connectivity index (χ2n) is 2.80. The summed E-state index contributed by atoms with van der Waals surface area (Å²) in [7, 11) is 1.41. The highest BCUT2D eigenvalue weighted by molar-refractivity contribution is 5.68. The van der Waals surface area contributed by atoms with E-state index in [4.69, 9.17) is 5.73 Å². The van der Waals surface area contributed by atoms with Crippen molar-refractivity contribution in [1.29, 1.82) is 0 Å². The molecule has 0 heterocycles. The van der Waals surface area contributed by atoms with Gasteiger partial charge in [-0.05, 0) is 19.8 Å². The third kappa shape index (κ3) is 7.33. The maximum Gasteiger partial charge on any atom is 0.305 e. The molecule has 0 aliphatic rings. The molecule has 0 aromatic heterocycles. The van der Waals surface area contributed by atoms with Crippen molar-refractivity contribution < 1.29 is 9.53 Å². The molecule has 11 heavy (non-hydrogen) atoms. The van der Waals surface area contributed by atoms with E-state index in [0.717, 1.165) is 19.3 Å². The van der Waals surface area contributed by atoms with E-state index in [2.05, 4.69) is 4.74 Å². The van der Waals surface area contributed by atoms with E-state index in [-0.39, 0.29) is 12.0 Å². The van der Waals surface area contributed by atoms with Gasteiger partial charge in [0.05, 0.1) is 7.11 Å². The van der Waals surface area contributed by atoms with Gasteiger partial charge in [-0.2, -0.15) is 0 Å². The molecular formula is C8H17NO2. The predicted octanol–water partition coefficient (Wildman–Crippen LogP) is 1.07. The first-order chi connectivity index (χ1) is 5.16. The van der Waals surface area contributed by atoms with Gasteiger partial charge in [0.2, 0.25) is 0 Å². The molecule has 1 atom stereocenters. The molecule has 2 N–H and O–H groups in total. The molecule has 0 aliphatic heterocycles. The summed E-state index contributed by atoms with van der Waals surface area (Å²) in [5.41, 5.74) is 5.53. The normalized spacial score (nSPS) is 12.6. The van der Waals surface area contributed by atoms with Crippen LogP contribution in [0, 0.1) is 0 Å². The van der Waals surface area contributed by atoms with Crippen molar-refractivity contribution >= 4 is 5.97 Å². The van der Waals surface area contributed by atoms with Gasteiger partial charge in [-0.15, -0.1) is 0 Å². The van der Waals surface area contributed by atoms with Crippen molar-refractivity contribution in [3.63, 3.8) is 0 Å². The molecule has 0 saturated carbocycles. The Hall–Kier alpha value is -0.570. The number of hydrogen-bond acceptors (Lipinski definition) is 3. The quantitative estimate of drug-likeness (QED) is 0.482. The smallest absolute Gasteiger partial charge is 0.305 e. The molecular weight excluding hydrogens is 142 g/mol. The second kappa shape index (κ2) is 6.16. The fourth-order valence-corrected chi connectivity index (χ4v) is 0.838. The minimum absolute atomic E-state index is 0.130. The van der Waals surface area contributed by atoms with Gasteiger partial charge in [0.1, 0.15) is 0 Å². The Morgan fingerprint density at radius 1 is 1.55 bits per heavy atom. The first-order valence-corrected chi connectivity index (χ1v) is 3.99. The van der Waals surface area contributed by atoms with Gasteiger partial charge < -0.3 is 10.5 Å². The first-order valence-electron chi connectivity index (χ1n) is 3.99. The van der Waals surface area contributed by atoms with Crippen LogP contribution < -0.4 is 5.73 Å². The third-order valence-electron chi connectivity index (χ3n) is 1.52. The number of nitrogens with two attached hydrogens (primary N) is 1. The van der Waals surface area contributed by atoms with E-state index >= 15 is 0 Å². The van der Waals surface area contributed by atoms with E-state index in [1.165, 1.54) is 7.11 Å². The van der Waals surface area contributed by atoms with Crippen LogP contribution in [0.3, 0.4) is 0 Å². The van der Waals surface area contributed by atoms with Gasteiger partial charge in [0.25, 0.3) is 0 Å². The zero-order valence-electron chi connectivity index (χ0n) is 7.30. The molecule has 0 bridgehead atoms. The minimum Gasteiger partial charge on any atom is -0.469 e. The van der Waals surface area contributed by atoms with Crippen LogP contribution in [0.25, 0.3) is 0 Å². The molecule has 0 saturated heterocycles. The Labute approximate surface area is 67.9 Å². The molecule has 0 aliphatic carbocycles. The van der Waals surface area contributed by atoms with E-state index in [0.29, 0.717) is 6.42 Å². The predicted molar refractivity (Wildman–Crippen MR) is 44.1 cm³/mol. The van der Waals surface area contributed by atoms with Gasteiger partial charge in [-0.3, -0.25) is 4.79 Å². The maximum atomic E-state index is 10.6. The van der Waals surface area contributed by atoms with Gasteiger partial charge in [0.15, 0.2) is 0 Å². The number of esters is 1. The molecule has 3 heteroatoms. The summed E-state index contributed by atoms with van der Waals surface area (Å²) in [6.45, 7) is 1.97. The van der Waals surface area contributed by atoms with Gasteiger partial charge in [-0.1, -0.05) is 6.42 Å². The Morgan fingerprint density at radius 2 is 2.18 bits per heavy atom. The molecule has 0 unspecified atom stereocenters. The summed E-state index contributed by atoms with van der Waals surface area (Å²) >= 11 is 0. The van der Waals surface area contributed by atoms with Crippen molar-refractivity contribution in [2.24, 2.45) is 5.73 Å². The third-order valence-corrected chi connectivity index (χ3v) is 1.52. The standard InChI is InChI=1S/C8H17NO2/c1-7(9)5-3-4-6-8(10)11-2/h7H,3-6,9H2,1-2H3/t7-/m0/s1. The Bertz CT molecular complexity index is 113. The van der Waals surface area contributed by atoms with Crippen molar-refractivity contribution in [3.05, 3.63) is 0 Å². The highest BCUT2D eigenvalue weighted by atomic mass is 16.5. The lowest BCUT2D eigenvalue weighted by Crippen LogP contribution is -2.14. The van der Waals surface area contributed by atoms with Crippen LogP contribution in [0.1, 0.15) is 32.6 Å². The fourth-order valence-electron chi connectivity index (χ4n) is 0.838. The average molecular weight is 159 g/mol. The van der Waals surface area contributed by atoms with Crippen molar-refractivity contribution in [3.8, 4) is 0 Å². The van der Waals surface area contributed by atoms with E-state index < -0.39 is 0 Å². The number of ether oxygens (including phenoxy) is 1. The second-order valence-corrected chi connectivity index (χ2v) is 2.80. The van der Waals surface area contributed by atoms with Crippen LogP contribution >= 0.6 is 0 Å². The summed E-state index contributed by atoms with van der Waals surface area (Å²) in [6.07, 6.45) is 3.39. The molecule has 0 spiro atoms. The van der Waals surface area contributed by atoms with Gasteiger partial charge in [-0.25, -0.2) is 0 Å². The molecule has 3 nitrogen and oxygen atoms in total. The SMILES string of the molecule is COC(=O)CCCC[C@H](C)N. The Kier molecular flexibility index (Phi) is 5.84. The molecule has 0 aromatic carbocycles. The lowest BCUT2D eigenvalue weighted by atomic mass is 10.1. The monoisotopic (exact) mass is 159 g/mol. The number of unbranched alkanes of at least 4 members (excludes halogenated alkanes) is 1. The topological polar surface area (TPSA) is 52.3 Å². The summed E-state index contributed by atoms with van der Waals surface area (Å²) in [6, 6.07) is 0.243. The highest BCUT2D eigenvalue weighted by Crippen LogP contribution is 2.02. The summed E-state index contributed by atoms with van der Waals surface area (Å²) in [4.78, 5) is 10.6. The molecule has 0 aromatic rings. The van der Waals surface area contributed by atoms with Crippen LogP contribution in [-0.4, -0.2) is 19.1 Å². The molecule has 0 fully saturated rings. The molecule has 0 amide bonds. The number of carbonyl (C=O) groups is 1. The maximum absolute atomic E-state index is 10.6. The van der Waals surface area contributed by atoms with Crippen molar-refractivity contribution in [2.75, 3.05) is 7.11 Å². The number of methoxy groups -OCH3 is 1. The molecule has 66 valence electrons. The van der Waals surface area contributed by atoms with Crippen molar-refractivity contribution in [2.45, 2.75) is 38.6 Å². The van der Waals surface area contributed by atoms with E-state index in [1.54, 1.807) is 0 Å². The summed E-state index contributed by atoms with van der Waals surface area (Å²) in [5, 5.41) is 0. The number of rotatable bonds is 5. The fraction of sp³-hybridized carbons (Fsp3) is 0.875. The number of hydrogen-bond donors (Lipinski definition) is 1. The Morgan fingerprint density at radius 3 is 2.64 bits per heavy atom. The summed E-state index contributed by atoms with van der Waals surface area (Å²) in [5.74, 6) is -0.130. The van der Waals surface area contributed by atoms with E-state index in [1.807, 2.05) is 6.92 Å². The molecule has 0 radical (unpaired) electrons. The minimum atomic E-state index is -0.130. The first kappa shape index (κ1) is 10.4. The van der Waals surface area contributed by atoms with Crippen molar-refractivity contribution in [1.82, 2.24) is 0 Å². The van der Waals surface area contributed by atoms with Crippen LogP contribution in [-0.2, 0) is 9.53 Å². The van der Waals surface area contributed by atoms with Crippen LogP contribution in [0.4, 0.5) is 0 Å². The highest BCUT2D eigenvalue weighted by Gasteiger charge is 1.99. The number of carbonyl (C=O) groups excluding carboxylic acids is 1. The largest absolute Gasteiger partial charge is 0.469 e. The van der Waals surface area contributed by atoms with Crippen LogP contribution in [0.15, 0.2) is 0 Å². The van der Waals surface area contributed by atoms with Gasteiger partial charge >= 0.3 is 5.97 Å². The zero-order chi connectivity index (χ0) is 8.69. The van der Waals surface area contributed by atoms with Crippen LogP contribution in [0.2, 0.25) is 0 Å². The average Bonchev–Trinajstić information content (AvgIpc) is 1.97. The van der Waals surface area contributed by atoms with Gasteiger partial charge in [0, 0.05) is 12.5 Å². The summed E-state index contributed by atoms with van der Waals surface area (Å²) < 4.78 is 4.49. The molecule has 0 rings (SSSR count). The van der Waals surface area contributed by atoms with E-state index in [9.17, 15) is 4.79 Å². The lowest BCUT2D eigenvalue weighted by Gasteiger charge is -2.02.